The van der Waals surface area contributed by atoms with E-state index in [0.717, 1.165) is 44.1 Å². The molecule has 1 aliphatic carbocycles. The minimum absolute atomic E-state index is 0.113. The van der Waals surface area contributed by atoms with Crippen molar-refractivity contribution in [2.45, 2.75) is 57.0 Å². The second-order valence-electron chi connectivity index (χ2n) is 7.19. The van der Waals surface area contributed by atoms with Crippen LogP contribution in [0, 0.1) is 0 Å². The molecule has 1 aliphatic heterocycles. The van der Waals surface area contributed by atoms with E-state index in [-0.39, 0.29) is 12.1 Å². The summed E-state index contributed by atoms with van der Waals surface area (Å²) in [5.74, 6) is 1.42. The molecule has 2 aliphatic rings. The van der Waals surface area contributed by atoms with Gasteiger partial charge in [0.1, 0.15) is 11.5 Å². The van der Waals surface area contributed by atoms with Crippen LogP contribution in [0.3, 0.4) is 0 Å². The summed E-state index contributed by atoms with van der Waals surface area (Å²) in [6, 6.07) is 5.49. The highest BCUT2D eigenvalue weighted by Gasteiger charge is 2.41. The summed E-state index contributed by atoms with van der Waals surface area (Å²) in [7, 11) is 1.46. The lowest BCUT2D eigenvalue weighted by molar-refractivity contribution is 0.258. The lowest BCUT2D eigenvalue weighted by Gasteiger charge is -2.35. The number of nitrogens with zero attached hydrogens (tertiary/aromatic N) is 2. The first-order valence-corrected chi connectivity index (χ1v) is 10.9. The van der Waals surface area contributed by atoms with Crippen LogP contribution in [0.4, 0.5) is 0 Å². The maximum Gasteiger partial charge on any atom is 0.282 e. The molecule has 7 heteroatoms. The molecule has 1 aromatic rings. The molecular formula is C19H30N2O4S. The van der Waals surface area contributed by atoms with Crippen LogP contribution in [0.15, 0.2) is 18.2 Å². The van der Waals surface area contributed by atoms with Gasteiger partial charge in [0, 0.05) is 25.2 Å². The Morgan fingerprint density at radius 3 is 2.42 bits per heavy atom. The minimum Gasteiger partial charge on any atom is -0.497 e. The highest BCUT2D eigenvalue weighted by atomic mass is 32.2. The van der Waals surface area contributed by atoms with Gasteiger partial charge in [0.25, 0.3) is 10.2 Å². The van der Waals surface area contributed by atoms with Gasteiger partial charge in [0.2, 0.25) is 0 Å². The molecule has 26 heavy (non-hydrogen) atoms. The third-order valence-electron chi connectivity index (χ3n) is 5.75. The highest BCUT2D eigenvalue weighted by Crippen LogP contribution is 2.41. The molecule has 0 N–H and O–H groups in total. The van der Waals surface area contributed by atoms with Crippen LogP contribution >= 0.6 is 0 Å². The Hall–Kier alpha value is -1.31. The van der Waals surface area contributed by atoms with E-state index in [0.29, 0.717) is 18.0 Å². The summed E-state index contributed by atoms with van der Waals surface area (Å²) in [6.45, 7) is 0.546. The first-order chi connectivity index (χ1) is 12.5. The zero-order chi connectivity index (χ0) is 18.7. The van der Waals surface area contributed by atoms with Crippen molar-refractivity contribution in [1.29, 1.82) is 0 Å². The van der Waals surface area contributed by atoms with Crippen LogP contribution in [0.25, 0.3) is 0 Å². The smallest absolute Gasteiger partial charge is 0.282 e. The van der Waals surface area contributed by atoms with Crippen LogP contribution in [-0.4, -0.2) is 50.9 Å². The zero-order valence-electron chi connectivity index (χ0n) is 16.0. The van der Waals surface area contributed by atoms with Crippen molar-refractivity contribution in [2.75, 3.05) is 27.8 Å². The maximum atomic E-state index is 13.3. The molecule has 2 fully saturated rings. The summed E-state index contributed by atoms with van der Waals surface area (Å²) in [4.78, 5) is 0. The van der Waals surface area contributed by atoms with Crippen molar-refractivity contribution in [2.24, 2.45) is 0 Å². The molecule has 1 saturated carbocycles. The molecule has 1 aromatic carbocycles. The predicted octanol–water partition coefficient (Wildman–Crippen LogP) is 3.35. The number of methoxy groups -OCH3 is 2. The van der Waals surface area contributed by atoms with Gasteiger partial charge in [-0.2, -0.15) is 17.0 Å². The Morgan fingerprint density at radius 1 is 1.04 bits per heavy atom. The quantitative estimate of drug-likeness (QED) is 0.757. The van der Waals surface area contributed by atoms with Gasteiger partial charge in [0.05, 0.1) is 20.3 Å². The Kier molecular flexibility index (Phi) is 6.10. The standard InChI is InChI=1S/C19H30N2O4S/c1-20(15-8-5-4-6-9-15)26(22,23)21-13-7-10-18(21)17-14-16(24-2)11-12-19(17)25-3/h11-12,14-15,18H,4-10,13H2,1-3H3/t18-/m1/s1. The summed E-state index contributed by atoms with van der Waals surface area (Å²) in [5.41, 5.74) is 0.880. The molecule has 6 nitrogen and oxygen atoms in total. The number of hydrogen-bond donors (Lipinski definition) is 0. The second-order valence-corrected chi connectivity index (χ2v) is 9.13. The van der Waals surface area contributed by atoms with E-state index in [2.05, 4.69) is 0 Å². The fourth-order valence-electron chi connectivity index (χ4n) is 4.23. The van der Waals surface area contributed by atoms with Gasteiger partial charge in [-0.15, -0.1) is 0 Å². The van der Waals surface area contributed by atoms with Crippen LogP contribution in [0.1, 0.15) is 56.6 Å². The third kappa shape index (κ3) is 3.70. The molecule has 0 bridgehead atoms. The van der Waals surface area contributed by atoms with Crippen molar-refractivity contribution < 1.29 is 17.9 Å². The first-order valence-electron chi connectivity index (χ1n) is 9.45. The van der Waals surface area contributed by atoms with E-state index >= 15 is 0 Å². The monoisotopic (exact) mass is 382 g/mol. The van der Waals surface area contributed by atoms with E-state index in [4.69, 9.17) is 9.47 Å². The van der Waals surface area contributed by atoms with Gasteiger partial charge in [-0.1, -0.05) is 19.3 Å². The third-order valence-corrected chi connectivity index (χ3v) is 7.80. The Balaban J connectivity index is 1.90. The minimum atomic E-state index is -3.51. The van der Waals surface area contributed by atoms with Gasteiger partial charge in [-0.3, -0.25) is 0 Å². The van der Waals surface area contributed by atoms with Gasteiger partial charge < -0.3 is 9.47 Å². The van der Waals surface area contributed by atoms with Crippen LogP contribution < -0.4 is 9.47 Å². The van der Waals surface area contributed by atoms with Crippen molar-refractivity contribution in [3.05, 3.63) is 23.8 Å². The van der Waals surface area contributed by atoms with Crippen LogP contribution in [0.5, 0.6) is 11.5 Å². The molecule has 0 radical (unpaired) electrons. The average Bonchev–Trinajstić information content (AvgIpc) is 3.18. The van der Waals surface area contributed by atoms with Crippen LogP contribution in [0.2, 0.25) is 0 Å². The maximum absolute atomic E-state index is 13.3. The fraction of sp³-hybridized carbons (Fsp3) is 0.684. The largest absolute Gasteiger partial charge is 0.497 e. The van der Waals surface area contributed by atoms with Crippen molar-refractivity contribution >= 4 is 10.2 Å². The highest BCUT2D eigenvalue weighted by molar-refractivity contribution is 7.86. The molecule has 1 atom stereocenters. The van der Waals surface area contributed by atoms with E-state index in [1.165, 1.54) is 6.42 Å². The molecule has 146 valence electrons. The lowest BCUT2D eigenvalue weighted by atomic mass is 9.96. The molecule has 0 aromatic heterocycles. The molecule has 0 unspecified atom stereocenters. The molecule has 0 amide bonds. The normalized spacial score (nSPS) is 22.7. The molecule has 3 rings (SSSR count). The average molecular weight is 383 g/mol. The van der Waals surface area contributed by atoms with Crippen molar-refractivity contribution in [1.82, 2.24) is 8.61 Å². The lowest BCUT2D eigenvalue weighted by Crippen LogP contribution is -2.46. The van der Waals surface area contributed by atoms with Gasteiger partial charge in [-0.05, 0) is 43.9 Å². The van der Waals surface area contributed by atoms with E-state index in [1.54, 1.807) is 29.9 Å². The zero-order valence-corrected chi connectivity index (χ0v) is 16.8. The Bertz CT molecular complexity index is 716. The van der Waals surface area contributed by atoms with Gasteiger partial charge in [-0.25, -0.2) is 0 Å². The van der Waals surface area contributed by atoms with Crippen LogP contribution in [-0.2, 0) is 10.2 Å². The topological polar surface area (TPSA) is 59.1 Å². The summed E-state index contributed by atoms with van der Waals surface area (Å²) in [6.07, 6.45) is 6.98. The predicted molar refractivity (Wildman–Crippen MR) is 102 cm³/mol. The molecule has 0 spiro atoms. The van der Waals surface area contributed by atoms with Gasteiger partial charge >= 0.3 is 0 Å². The second kappa shape index (κ2) is 8.15. The van der Waals surface area contributed by atoms with Gasteiger partial charge in [0.15, 0.2) is 0 Å². The first kappa shape index (κ1) is 19.5. The number of benzene rings is 1. The number of ether oxygens (including phenoxy) is 2. The number of hydrogen-bond acceptors (Lipinski definition) is 4. The summed E-state index contributed by atoms with van der Waals surface area (Å²) in [5, 5.41) is 0. The van der Waals surface area contributed by atoms with Crippen molar-refractivity contribution in [3.63, 3.8) is 0 Å². The summed E-state index contributed by atoms with van der Waals surface area (Å²) < 4.78 is 40.8. The van der Waals surface area contributed by atoms with E-state index in [1.807, 2.05) is 18.2 Å². The molecular weight excluding hydrogens is 352 g/mol. The summed E-state index contributed by atoms with van der Waals surface area (Å²) >= 11 is 0. The van der Waals surface area contributed by atoms with E-state index in [9.17, 15) is 8.42 Å². The molecule has 1 saturated heterocycles. The Morgan fingerprint density at radius 2 is 1.77 bits per heavy atom. The SMILES string of the molecule is COc1ccc(OC)c([C@H]2CCCN2S(=O)(=O)N(C)C2CCCCC2)c1. The van der Waals surface area contributed by atoms with E-state index < -0.39 is 10.2 Å². The fourth-order valence-corrected chi connectivity index (χ4v) is 6.04. The van der Waals surface area contributed by atoms with Crippen molar-refractivity contribution in [3.8, 4) is 11.5 Å². The number of rotatable bonds is 6. The Labute approximate surface area is 157 Å². The molecule has 1 heterocycles.